The lowest BCUT2D eigenvalue weighted by atomic mass is 10.1. The first-order chi connectivity index (χ1) is 8.99. The standard InChI is InChI=1S/C14H19FN2O2/c1-9-6-10(16)7-12(13(9)15)14(18)17(2)8-11-4-3-5-19-11/h6-7,11H,3-5,8,16H2,1-2H3. The molecule has 19 heavy (non-hydrogen) atoms. The molecular weight excluding hydrogens is 247 g/mol. The first-order valence-corrected chi connectivity index (χ1v) is 6.41. The van der Waals surface area contributed by atoms with E-state index >= 15 is 0 Å². The molecule has 1 aliphatic rings. The summed E-state index contributed by atoms with van der Waals surface area (Å²) in [6.07, 6.45) is 2.01. The van der Waals surface area contributed by atoms with E-state index in [1.54, 1.807) is 14.0 Å². The van der Waals surface area contributed by atoms with Gasteiger partial charge in [-0.1, -0.05) is 0 Å². The Balaban J connectivity index is 2.14. The van der Waals surface area contributed by atoms with Crippen molar-refractivity contribution in [3.8, 4) is 0 Å². The second-order valence-electron chi connectivity index (χ2n) is 5.02. The lowest BCUT2D eigenvalue weighted by Gasteiger charge is -2.21. The summed E-state index contributed by atoms with van der Waals surface area (Å²) in [5.74, 6) is -0.859. The zero-order valence-corrected chi connectivity index (χ0v) is 11.3. The minimum absolute atomic E-state index is 0.0259. The molecule has 1 atom stereocenters. The number of benzene rings is 1. The van der Waals surface area contributed by atoms with Gasteiger partial charge in [0.05, 0.1) is 11.7 Å². The van der Waals surface area contributed by atoms with E-state index in [0.29, 0.717) is 17.8 Å². The summed E-state index contributed by atoms with van der Waals surface area (Å²) in [7, 11) is 1.65. The Hall–Kier alpha value is -1.62. The summed E-state index contributed by atoms with van der Waals surface area (Å²) in [4.78, 5) is 13.7. The van der Waals surface area contributed by atoms with Gasteiger partial charge in [-0.15, -0.1) is 0 Å². The number of ether oxygens (including phenoxy) is 1. The molecule has 104 valence electrons. The van der Waals surface area contributed by atoms with Crippen molar-refractivity contribution in [3.05, 3.63) is 29.1 Å². The normalized spacial score (nSPS) is 18.6. The quantitative estimate of drug-likeness (QED) is 0.851. The lowest BCUT2D eigenvalue weighted by Crippen LogP contribution is -2.34. The summed E-state index contributed by atoms with van der Waals surface area (Å²) >= 11 is 0. The number of halogens is 1. The highest BCUT2D eigenvalue weighted by molar-refractivity contribution is 5.95. The Morgan fingerprint density at radius 2 is 2.32 bits per heavy atom. The molecule has 0 aliphatic carbocycles. The Kier molecular flexibility index (Phi) is 4.04. The minimum atomic E-state index is -0.501. The summed E-state index contributed by atoms with van der Waals surface area (Å²) < 4.78 is 19.4. The molecular formula is C14H19FN2O2. The maximum Gasteiger partial charge on any atom is 0.256 e. The predicted octanol–water partition coefficient (Wildman–Crippen LogP) is 1.97. The number of hydrogen-bond acceptors (Lipinski definition) is 3. The van der Waals surface area contributed by atoms with Gasteiger partial charge < -0.3 is 15.4 Å². The van der Waals surface area contributed by atoms with Crippen molar-refractivity contribution in [1.29, 1.82) is 0 Å². The van der Waals surface area contributed by atoms with E-state index in [2.05, 4.69) is 0 Å². The minimum Gasteiger partial charge on any atom is -0.399 e. The molecule has 0 spiro atoms. The van der Waals surface area contributed by atoms with Crippen LogP contribution in [0.25, 0.3) is 0 Å². The van der Waals surface area contributed by atoms with E-state index in [4.69, 9.17) is 10.5 Å². The fourth-order valence-electron chi connectivity index (χ4n) is 2.34. The van der Waals surface area contributed by atoms with Gasteiger partial charge in [-0.2, -0.15) is 0 Å². The van der Waals surface area contributed by atoms with Crippen LogP contribution in [0.2, 0.25) is 0 Å². The van der Waals surface area contributed by atoms with Gasteiger partial charge in [0, 0.05) is 25.9 Å². The van der Waals surface area contributed by atoms with Crippen molar-refractivity contribution in [3.63, 3.8) is 0 Å². The fraction of sp³-hybridized carbons (Fsp3) is 0.500. The topological polar surface area (TPSA) is 55.6 Å². The van der Waals surface area contributed by atoms with Crippen molar-refractivity contribution in [2.75, 3.05) is 25.9 Å². The summed E-state index contributed by atoms with van der Waals surface area (Å²) in [6.45, 7) is 2.81. The molecule has 0 aromatic heterocycles. The molecule has 4 nitrogen and oxygen atoms in total. The van der Waals surface area contributed by atoms with E-state index < -0.39 is 5.82 Å². The van der Waals surface area contributed by atoms with Crippen molar-refractivity contribution in [2.24, 2.45) is 0 Å². The monoisotopic (exact) mass is 266 g/mol. The summed E-state index contributed by atoms with van der Waals surface area (Å²) in [6, 6.07) is 2.91. The largest absolute Gasteiger partial charge is 0.399 e. The van der Waals surface area contributed by atoms with Crippen LogP contribution in [0, 0.1) is 12.7 Å². The lowest BCUT2D eigenvalue weighted by molar-refractivity contribution is 0.0583. The van der Waals surface area contributed by atoms with Crippen molar-refractivity contribution in [2.45, 2.75) is 25.9 Å². The van der Waals surface area contributed by atoms with Gasteiger partial charge in [0.1, 0.15) is 5.82 Å². The van der Waals surface area contributed by atoms with Gasteiger partial charge in [-0.25, -0.2) is 4.39 Å². The first-order valence-electron chi connectivity index (χ1n) is 6.41. The van der Waals surface area contributed by atoms with Gasteiger partial charge in [-0.05, 0) is 37.5 Å². The second-order valence-corrected chi connectivity index (χ2v) is 5.02. The highest BCUT2D eigenvalue weighted by Crippen LogP contribution is 2.20. The van der Waals surface area contributed by atoms with Crippen LogP contribution >= 0.6 is 0 Å². The summed E-state index contributed by atoms with van der Waals surface area (Å²) in [5.41, 5.74) is 6.47. The highest BCUT2D eigenvalue weighted by atomic mass is 19.1. The molecule has 2 rings (SSSR count). The Labute approximate surface area is 112 Å². The molecule has 1 aromatic carbocycles. The molecule has 0 radical (unpaired) electrons. The third kappa shape index (κ3) is 3.04. The number of anilines is 1. The van der Waals surface area contributed by atoms with E-state index in [9.17, 15) is 9.18 Å². The fourth-order valence-corrected chi connectivity index (χ4v) is 2.34. The third-order valence-corrected chi connectivity index (χ3v) is 3.36. The molecule has 1 saturated heterocycles. The molecule has 1 aromatic rings. The zero-order valence-electron chi connectivity index (χ0n) is 11.3. The van der Waals surface area contributed by atoms with E-state index in [-0.39, 0.29) is 17.6 Å². The molecule has 0 saturated carbocycles. The molecule has 1 unspecified atom stereocenters. The predicted molar refractivity (Wildman–Crippen MR) is 71.5 cm³/mol. The van der Waals surface area contributed by atoms with Gasteiger partial charge in [0.15, 0.2) is 0 Å². The molecule has 0 bridgehead atoms. The Morgan fingerprint density at radius 1 is 1.58 bits per heavy atom. The van der Waals surface area contributed by atoms with Crippen LogP contribution in [0.15, 0.2) is 12.1 Å². The molecule has 1 fully saturated rings. The Morgan fingerprint density at radius 3 is 2.95 bits per heavy atom. The van der Waals surface area contributed by atoms with Crippen LogP contribution < -0.4 is 5.73 Å². The smallest absolute Gasteiger partial charge is 0.256 e. The number of likely N-dealkylation sites (N-methyl/N-ethyl adjacent to an activating group) is 1. The number of carbonyl (C=O) groups excluding carboxylic acids is 1. The average Bonchev–Trinajstić information content (AvgIpc) is 2.85. The van der Waals surface area contributed by atoms with Crippen LogP contribution in [0.1, 0.15) is 28.8 Å². The number of hydrogen-bond donors (Lipinski definition) is 1. The maximum absolute atomic E-state index is 14.0. The van der Waals surface area contributed by atoms with Crippen molar-refractivity contribution in [1.82, 2.24) is 4.90 Å². The van der Waals surface area contributed by atoms with E-state index in [1.807, 2.05) is 0 Å². The SMILES string of the molecule is Cc1cc(N)cc(C(=O)N(C)CC2CCCO2)c1F. The Bertz CT molecular complexity index is 485. The summed E-state index contributed by atoms with van der Waals surface area (Å²) in [5, 5.41) is 0. The van der Waals surface area contributed by atoms with Gasteiger partial charge >= 0.3 is 0 Å². The van der Waals surface area contributed by atoms with Crippen LogP contribution in [0.3, 0.4) is 0 Å². The number of amides is 1. The van der Waals surface area contributed by atoms with Crippen molar-refractivity contribution < 1.29 is 13.9 Å². The number of carbonyl (C=O) groups is 1. The van der Waals surface area contributed by atoms with E-state index in [0.717, 1.165) is 19.4 Å². The molecule has 1 aliphatic heterocycles. The number of aryl methyl sites for hydroxylation is 1. The van der Waals surface area contributed by atoms with Crippen LogP contribution in [-0.4, -0.2) is 37.1 Å². The number of nitrogen functional groups attached to an aromatic ring is 1. The molecule has 1 amide bonds. The average molecular weight is 266 g/mol. The van der Waals surface area contributed by atoms with Gasteiger partial charge in [0.2, 0.25) is 0 Å². The van der Waals surface area contributed by atoms with Crippen LogP contribution in [0.4, 0.5) is 10.1 Å². The number of nitrogens with two attached hydrogens (primary N) is 1. The van der Waals surface area contributed by atoms with Crippen molar-refractivity contribution >= 4 is 11.6 Å². The first kappa shape index (κ1) is 13.8. The van der Waals surface area contributed by atoms with Crippen LogP contribution in [0.5, 0.6) is 0 Å². The van der Waals surface area contributed by atoms with E-state index in [1.165, 1.54) is 17.0 Å². The van der Waals surface area contributed by atoms with Gasteiger partial charge in [-0.3, -0.25) is 4.79 Å². The third-order valence-electron chi connectivity index (χ3n) is 3.36. The molecule has 2 N–H and O–H groups in total. The number of rotatable bonds is 3. The zero-order chi connectivity index (χ0) is 14.0. The van der Waals surface area contributed by atoms with Crippen LogP contribution in [-0.2, 0) is 4.74 Å². The molecule has 1 heterocycles. The van der Waals surface area contributed by atoms with Gasteiger partial charge in [0.25, 0.3) is 5.91 Å². The second kappa shape index (κ2) is 5.57. The maximum atomic E-state index is 14.0. The number of nitrogens with zero attached hydrogens (tertiary/aromatic N) is 1. The molecule has 5 heteroatoms. The highest BCUT2D eigenvalue weighted by Gasteiger charge is 2.23.